The summed E-state index contributed by atoms with van der Waals surface area (Å²) in [6.07, 6.45) is 0. The zero-order valence-electron chi connectivity index (χ0n) is 14.5. The molecule has 3 rings (SSSR count). The molecule has 0 radical (unpaired) electrons. The highest BCUT2D eigenvalue weighted by Gasteiger charge is 2.15. The van der Waals surface area contributed by atoms with Gasteiger partial charge in [-0.25, -0.2) is 0 Å². The largest absolute Gasteiger partial charge is 0.484 e. The van der Waals surface area contributed by atoms with E-state index in [0.29, 0.717) is 22.5 Å². The monoisotopic (exact) mass is 371 g/mol. The van der Waals surface area contributed by atoms with E-state index in [-0.39, 0.29) is 19.1 Å². The van der Waals surface area contributed by atoms with Crippen LogP contribution in [0.3, 0.4) is 0 Å². The Balaban J connectivity index is 1.57. The fourth-order valence-electron chi connectivity index (χ4n) is 2.32. The fraction of sp³-hybridized carbons (Fsp3) is 0.211. The van der Waals surface area contributed by atoms with Crippen LogP contribution < -0.4 is 4.74 Å². The van der Waals surface area contributed by atoms with Crippen LogP contribution in [0.4, 0.5) is 0 Å². The van der Waals surface area contributed by atoms with Gasteiger partial charge in [-0.15, -0.1) is 0 Å². The number of amides is 1. The first-order valence-electron chi connectivity index (χ1n) is 8.03. The van der Waals surface area contributed by atoms with Gasteiger partial charge in [-0.2, -0.15) is 4.98 Å². The van der Waals surface area contributed by atoms with Crippen molar-refractivity contribution in [2.45, 2.75) is 13.5 Å². The molecule has 1 amide bonds. The van der Waals surface area contributed by atoms with Gasteiger partial charge in [0.15, 0.2) is 6.61 Å². The number of benzene rings is 2. The second-order valence-corrected chi connectivity index (χ2v) is 6.31. The molecule has 0 aliphatic carbocycles. The molecule has 0 atom stereocenters. The summed E-state index contributed by atoms with van der Waals surface area (Å²) in [6.45, 7) is 2.10. The second-order valence-electron chi connectivity index (χ2n) is 5.88. The lowest BCUT2D eigenvalue weighted by Gasteiger charge is -2.15. The molecule has 0 saturated carbocycles. The molecule has 0 fully saturated rings. The third kappa shape index (κ3) is 4.61. The summed E-state index contributed by atoms with van der Waals surface area (Å²) in [4.78, 5) is 18.0. The fourth-order valence-corrected chi connectivity index (χ4v) is 2.50. The molecule has 0 aliphatic heterocycles. The van der Waals surface area contributed by atoms with Gasteiger partial charge in [0.05, 0.1) is 6.54 Å². The molecule has 0 saturated heterocycles. The zero-order chi connectivity index (χ0) is 18.5. The van der Waals surface area contributed by atoms with Crippen molar-refractivity contribution in [2.75, 3.05) is 13.7 Å². The molecule has 0 bridgehead atoms. The number of hydrogen-bond acceptors (Lipinski definition) is 5. The summed E-state index contributed by atoms with van der Waals surface area (Å²) in [6, 6.07) is 14.7. The Labute approximate surface area is 156 Å². The Hall–Kier alpha value is -2.86. The Morgan fingerprint density at radius 2 is 2.04 bits per heavy atom. The molecule has 26 heavy (non-hydrogen) atoms. The van der Waals surface area contributed by atoms with Crippen molar-refractivity contribution >= 4 is 17.5 Å². The highest BCUT2D eigenvalue weighted by Crippen LogP contribution is 2.18. The number of rotatable bonds is 6. The Kier molecular flexibility index (Phi) is 5.53. The Morgan fingerprint density at radius 1 is 1.23 bits per heavy atom. The molecular formula is C19H18ClN3O3. The first-order valence-corrected chi connectivity index (χ1v) is 8.41. The summed E-state index contributed by atoms with van der Waals surface area (Å²) in [7, 11) is 1.65. The number of likely N-dealkylation sites (N-methyl/N-ethyl adjacent to an activating group) is 1. The lowest BCUT2D eigenvalue weighted by Crippen LogP contribution is -2.31. The van der Waals surface area contributed by atoms with Crippen LogP contribution >= 0.6 is 11.6 Å². The molecule has 7 heteroatoms. The molecule has 0 N–H and O–H groups in total. The lowest BCUT2D eigenvalue weighted by molar-refractivity contribution is -0.132. The quantitative estimate of drug-likeness (QED) is 0.660. The number of halogens is 1. The average Bonchev–Trinajstić information content (AvgIpc) is 3.08. The molecule has 0 spiro atoms. The van der Waals surface area contributed by atoms with Crippen molar-refractivity contribution in [3.8, 4) is 17.1 Å². The van der Waals surface area contributed by atoms with Gasteiger partial charge in [-0.05, 0) is 31.2 Å². The molecule has 134 valence electrons. The second kappa shape index (κ2) is 8.01. The van der Waals surface area contributed by atoms with Crippen LogP contribution in [0.5, 0.6) is 5.75 Å². The van der Waals surface area contributed by atoms with E-state index in [2.05, 4.69) is 10.1 Å². The van der Waals surface area contributed by atoms with Crippen molar-refractivity contribution < 1.29 is 14.1 Å². The lowest BCUT2D eigenvalue weighted by atomic mass is 10.1. The summed E-state index contributed by atoms with van der Waals surface area (Å²) in [5, 5.41) is 4.53. The predicted molar refractivity (Wildman–Crippen MR) is 97.9 cm³/mol. The van der Waals surface area contributed by atoms with Crippen LogP contribution in [0.25, 0.3) is 11.4 Å². The smallest absolute Gasteiger partial charge is 0.260 e. The first kappa shape index (κ1) is 17.9. The van der Waals surface area contributed by atoms with Crippen molar-refractivity contribution in [1.29, 1.82) is 0 Å². The van der Waals surface area contributed by atoms with E-state index in [1.807, 2.05) is 31.2 Å². The summed E-state index contributed by atoms with van der Waals surface area (Å²) in [5.41, 5.74) is 1.98. The molecule has 3 aromatic rings. The van der Waals surface area contributed by atoms with Gasteiger partial charge in [0.1, 0.15) is 5.75 Å². The first-order chi connectivity index (χ1) is 12.5. The number of carbonyl (C=O) groups excluding carboxylic acids is 1. The maximum Gasteiger partial charge on any atom is 0.260 e. The van der Waals surface area contributed by atoms with E-state index in [9.17, 15) is 4.79 Å². The maximum absolute atomic E-state index is 12.2. The van der Waals surface area contributed by atoms with Gasteiger partial charge in [0, 0.05) is 17.6 Å². The molecule has 6 nitrogen and oxygen atoms in total. The van der Waals surface area contributed by atoms with E-state index >= 15 is 0 Å². The van der Waals surface area contributed by atoms with E-state index in [0.717, 1.165) is 11.1 Å². The number of aryl methyl sites for hydroxylation is 1. The molecule has 0 aliphatic rings. The van der Waals surface area contributed by atoms with Crippen molar-refractivity contribution in [3.05, 3.63) is 65.0 Å². The van der Waals surface area contributed by atoms with Crippen molar-refractivity contribution in [2.24, 2.45) is 0 Å². The summed E-state index contributed by atoms with van der Waals surface area (Å²) < 4.78 is 10.7. The Bertz CT molecular complexity index is 910. The van der Waals surface area contributed by atoms with Crippen LogP contribution in [-0.4, -0.2) is 34.6 Å². The van der Waals surface area contributed by atoms with Crippen LogP contribution in [0.2, 0.25) is 5.02 Å². The highest BCUT2D eigenvalue weighted by atomic mass is 35.5. The zero-order valence-corrected chi connectivity index (χ0v) is 15.2. The summed E-state index contributed by atoms with van der Waals surface area (Å²) in [5.74, 6) is 1.19. The van der Waals surface area contributed by atoms with Crippen LogP contribution in [-0.2, 0) is 11.3 Å². The number of aromatic nitrogens is 2. The third-order valence-corrected chi connectivity index (χ3v) is 3.94. The number of carbonyl (C=O) groups is 1. The third-order valence-electron chi connectivity index (χ3n) is 3.70. The van der Waals surface area contributed by atoms with Crippen LogP contribution in [0.1, 0.15) is 11.5 Å². The van der Waals surface area contributed by atoms with Gasteiger partial charge >= 0.3 is 0 Å². The van der Waals surface area contributed by atoms with Crippen molar-refractivity contribution in [1.82, 2.24) is 15.0 Å². The standard InChI is InChI=1S/C19H18ClN3O3/c1-13-5-3-6-14(9-13)19-21-17(26-22-19)11-23(2)18(24)12-25-16-8-4-7-15(20)10-16/h3-10H,11-12H2,1-2H3. The topological polar surface area (TPSA) is 68.5 Å². The van der Waals surface area contributed by atoms with Crippen LogP contribution in [0.15, 0.2) is 53.1 Å². The molecule has 1 heterocycles. The van der Waals surface area contributed by atoms with Gasteiger partial charge in [0.25, 0.3) is 5.91 Å². The number of ether oxygens (including phenoxy) is 1. The Morgan fingerprint density at radius 3 is 2.81 bits per heavy atom. The average molecular weight is 372 g/mol. The molecule has 1 aromatic heterocycles. The van der Waals surface area contributed by atoms with E-state index in [1.165, 1.54) is 4.90 Å². The van der Waals surface area contributed by atoms with E-state index in [4.69, 9.17) is 20.9 Å². The van der Waals surface area contributed by atoms with Gasteiger partial charge in [-0.1, -0.05) is 46.6 Å². The van der Waals surface area contributed by atoms with Gasteiger partial charge in [0.2, 0.25) is 11.7 Å². The minimum absolute atomic E-state index is 0.101. The van der Waals surface area contributed by atoms with E-state index < -0.39 is 0 Å². The minimum atomic E-state index is -0.208. The van der Waals surface area contributed by atoms with Crippen molar-refractivity contribution in [3.63, 3.8) is 0 Å². The molecule has 2 aromatic carbocycles. The van der Waals surface area contributed by atoms with Crippen LogP contribution in [0, 0.1) is 6.92 Å². The summed E-state index contributed by atoms with van der Waals surface area (Å²) >= 11 is 5.89. The maximum atomic E-state index is 12.2. The predicted octanol–water partition coefficient (Wildman–Crippen LogP) is 3.74. The normalized spacial score (nSPS) is 10.6. The molecule has 0 unspecified atom stereocenters. The van der Waals surface area contributed by atoms with Gasteiger partial charge < -0.3 is 14.2 Å². The van der Waals surface area contributed by atoms with E-state index in [1.54, 1.807) is 31.3 Å². The number of nitrogens with zero attached hydrogens (tertiary/aromatic N) is 3. The van der Waals surface area contributed by atoms with Gasteiger partial charge in [-0.3, -0.25) is 4.79 Å². The SMILES string of the molecule is Cc1cccc(-c2noc(CN(C)C(=O)COc3cccc(Cl)c3)n2)c1. The number of hydrogen-bond donors (Lipinski definition) is 0. The minimum Gasteiger partial charge on any atom is -0.484 e. The molecular weight excluding hydrogens is 354 g/mol. The highest BCUT2D eigenvalue weighted by molar-refractivity contribution is 6.30.